The van der Waals surface area contributed by atoms with Gasteiger partial charge in [0.25, 0.3) is 0 Å². The molecular formula is C16H35O4P. The fraction of sp³-hybridized carbons (Fsp3) is 1.00. The maximum Gasteiger partial charge on any atom is 0.474 e. The van der Waals surface area contributed by atoms with E-state index in [0.29, 0.717) is 25.7 Å². The Labute approximate surface area is 131 Å². The molecule has 0 aliphatic carbocycles. The highest BCUT2D eigenvalue weighted by molar-refractivity contribution is 7.48. The Bertz CT molecular complexity index is 257. The normalized spacial score (nSPS) is 13.5. The second kappa shape index (κ2) is 13.8. The molecular weight excluding hydrogens is 287 g/mol. The Morgan fingerprint density at radius 1 is 0.810 bits per heavy atom. The molecule has 0 heterocycles. The second-order valence-corrected chi connectivity index (χ2v) is 7.20. The summed E-state index contributed by atoms with van der Waals surface area (Å²) in [5.41, 5.74) is 0. The van der Waals surface area contributed by atoms with Crippen LogP contribution >= 0.6 is 7.82 Å². The minimum atomic E-state index is -3.38. The number of rotatable bonds is 15. The SMILES string of the molecule is CCCCOP(=O)(OCCCC)OCC(CC)CCCC. The van der Waals surface area contributed by atoms with Crippen LogP contribution in [0.3, 0.4) is 0 Å². The highest BCUT2D eigenvalue weighted by Crippen LogP contribution is 2.50. The minimum absolute atomic E-state index is 0.433. The Kier molecular flexibility index (Phi) is 13.8. The Balaban J connectivity index is 4.31. The van der Waals surface area contributed by atoms with Gasteiger partial charge in [0.2, 0.25) is 0 Å². The molecule has 5 heteroatoms. The van der Waals surface area contributed by atoms with Gasteiger partial charge in [0.15, 0.2) is 0 Å². The van der Waals surface area contributed by atoms with Gasteiger partial charge in [0, 0.05) is 0 Å². The molecule has 1 atom stereocenters. The lowest BCUT2D eigenvalue weighted by molar-refractivity contribution is 0.0954. The van der Waals surface area contributed by atoms with Crippen LogP contribution in [0.5, 0.6) is 0 Å². The fourth-order valence-corrected chi connectivity index (χ4v) is 3.17. The van der Waals surface area contributed by atoms with E-state index >= 15 is 0 Å². The maximum atomic E-state index is 12.6. The van der Waals surface area contributed by atoms with Crippen LogP contribution in [0.2, 0.25) is 0 Å². The van der Waals surface area contributed by atoms with E-state index in [4.69, 9.17) is 13.6 Å². The number of phosphoric ester groups is 1. The predicted octanol–water partition coefficient (Wildman–Crippen LogP) is 5.96. The average Bonchev–Trinajstić information content (AvgIpc) is 2.48. The molecule has 0 spiro atoms. The number of hydrogen-bond donors (Lipinski definition) is 0. The predicted molar refractivity (Wildman–Crippen MR) is 88.6 cm³/mol. The van der Waals surface area contributed by atoms with Crippen molar-refractivity contribution in [2.75, 3.05) is 19.8 Å². The third-order valence-electron chi connectivity index (χ3n) is 3.51. The lowest BCUT2D eigenvalue weighted by atomic mass is 10.0. The van der Waals surface area contributed by atoms with Crippen LogP contribution in [-0.2, 0) is 18.1 Å². The second-order valence-electron chi connectivity index (χ2n) is 5.53. The Morgan fingerprint density at radius 2 is 1.33 bits per heavy atom. The summed E-state index contributed by atoms with van der Waals surface area (Å²) in [5, 5.41) is 0. The van der Waals surface area contributed by atoms with Crippen LogP contribution in [0, 0.1) is 5.92 Å². The van der Waals surface area contributed by atoms with E-state index in [1.807, 2.05) is 0 Å². The van der Waals surface area contributed by atoms with Gasteiger partial charge < -0.3 is 0 Å². The molecule has 0 aromatic rings. The molecule has 1 unspecified atom stereocenters. The first-order valence-electron chi connectivity index (χ1n) is 8.65. The molecule has 0 radical (unpaired) electrons. The van der Waals surface area contributed by atoms with Crippen molar-refractivity contribution in [2.24, 2.45) is 5.92 Å². The number of hydrogen-bond acceptors (Lipinski definition) is 4. The highest BCUT2D eigenvalue weighted by atomic mass is 31.2. The van der Waals surface area contributed by atoms with Gasteiger partial charge in [-0.2, -0.15) is 0 Å². The van der Waals surface area contributed by atoms with Gasteiger partial charge in [-0.1, -0.05) is 59.8 Å². The maximum absolute atomic E-state index is 12.6. The van der Waals surface area contributed by atoms with Gasteiger partial charge >= 0.3 is 7.82 Å². The van der Waals surface area contributed by atoms with Gasteiger partial charge in [-0.15, -0.1) is 0 Å². The van der Waals surface area contributed by atoms with Gasteiger partial charge in [-0.05, 0) is 25.2 Å². The molecule has 0 aromatic heterocycles. The molecule has 0 N–H and O–H groups in total. The van der Waals surface area contributed by atoms with E-state index in [0.717, 1.165) is 38.5 Å². The summed E-state index contributed by atoms with van der Waals surface area (Å²) in [6, 6.07) is 0. The van der Waals surface area contributed by atoms with E-state index in [1.54, 1.807) is 0 Å². The van der Waals surface area contributed by atoms with Crippen molar-refractivity contribution >= 4 is 7.82 Å². The van der Waals surface area contributed by atoms with E-state index in [2.05, 4.69) is 27.7 Å². The third-order valence-corrected chi connectivity index (χ3v) is 4.97. The van der Waals surface area contributed by atoms with E-state index in [-0.39, 0.29) is 0 Å². The van der Waals surface area contributed by atoms with E-state index < -0.39 is 7.82 Å². The van der Waals surface area contributed by atoms with E-state index in [1.165, 1.54) is 12.8 Å². The first kappa shape index (κ1) is 21.1. The zero-order valence-corrected chi connectivity index (χ0v) is 15.3. The van der Waals surface area contributed by atoms with Crippen molar-refractivity contribution in [1.29, 1.82) is 0 Å². The highest BCUT2D eigenvalue weighted by Gasteiger charge is 2.27. The van der Waals surface area contributed by atoms with Crippen molar-refractivity contribution < 1.29 is 18.1 Å². The summed E-state index contributed by atoms with van der Waals surface area (Å²) in [7, 11) is -3.38. The van der Waals surface area contributed by atoms with Crippen LogP contribution in [0.4, 0.5) is 0 Å². The molecule has 21 heavy (non-hydrogen) atoms. The molecule has 0 aliphatic rings. The van der Waals surface area contributed by atoms with Gasteiger partial charge in [-0.25, -0.2) is 4.57 Å². The van der Waals surface area contributed by atoms with Gasteiger partial charge in [0.05, 0.1) is 19.8 Å². The molecule has 0 rings (SSSR count). The molecule has 0 saturated heterocycles. The largest absolute Gasteiger partial charge is 0.474 e. The number of phosphoric acid groups is 1. The molecule has 128 valence electrons. The Morgan fingerprint density at radius 3 is 1.76 bits per heavy atom. The zero-order valence-electron chi connectivity index (χ0n) is 14.4. The summed E-state index contributed by atoms with van der Waals surface area (Å²) in [6.45, 7) is 9.81. The molecule has 0 aliphatic heterocycles. The molecule has 0 amide bonds. The topological polar surface area (TPSA) is 44.8 Å². The molecule has 4 nitrogen and oxygen atoms in total. The Hall–Kier alpha value is 0.110. The summed E-state index contributed by atoms with van der Waals surface area (Å²) < 4.78 is 29.0. The van der Waals surface area contributed by atoms with Crippen molar-refractivity contribution in [3.05, 3.63) is 0 Å². The lowest BCUT2D eigenvalue weighted by Gasteiger charge is -2.21. The van der Waals surface area contributed by atoms with Crippen LogP contribution in [0.1, 0.15) is 79.1 Å². The molecule has 0 fully saturated rings. The van der Waals surface area contributed by atoms with Crippen LogP contribution < -0.4 is 0 Å². The molecule has 0 aromatic carbocycles. The van der Waals surface area contributed by atoms with Crippen molar-refractivity contribution in [1.82, 2.24) is 0 Å². The van der Waals surface area contributed by atoms with Crippen LogP contribution in [0.25, 0.3) is 0 Å². The van der Waals surface area contributed by atoms with Gasteiger partial charge in [0.1, 0.15) is 0 Å². The van der Waals surface area contributed by atoms with Crippen molar-refractivity contribution in [2.45, 2.75) is 79.1 Å². The standard InChI is InChI=1S/C16H35O4P/c1-5-9-12-16(8-4)15-20-21(17,18-13-10-6-2)19-14-11-7-3/h16H,5-15H2,1-4H3. The summed E-state index contributed by atoms with van der Waals surface area (Å²) in [4.78, 5) is 0. The summed E-state index contributed by atoms with van der Waals surface area (Å²) in [6.07, 6.45) is 8.25. The zero-order chi connectivity index (χ0) is 16.0. The van der Waals surface area contributed by atoms with Crippen molar-refractivity contribution in [3.8, 4) is 0 Å². The van der Waals surface area contributed by atoms with Gasteiger partial charge in [-0.3, -0.25) is 13.6 Å². The minimum Gasteiger partial charge on any atom is -0.287 e. The quantitative estimate of drug-likeness (QED) is 0.275. The van der Waals surface area contributed by atoms with Crippen LogP contribution in [0.15, 0.2) is 0 Å². The monoisotopic (exact) mass is 322 g/mol. The first-order chi connectivity index (χ1) is 10.1. The third kappa shape index (κ3) is 11.3. The van der Waals surface area contributed by atoms with E-state index in [9.17, 15) is 4.57 Å². The fourth-order valence-electron chi connectivity index (χ4n) is 1.85. The summed E-state index contributed by atoms with van der Waals surface area (Å²) >= 11 is 0. The molecule has 0 bridgehead atoms. The molecule has 0 saturated carbocycles. The lowest BCUT2D eigenvalue weighted by Crippen LogP contribution is -2.11. The van der Waals surface area contributed by atoms with Crippen molar-refractivity contribution in [3.63, 3.8) is 0 Å². The first-order valence-corrected chi connectivity index (χ1v) is 10.1. The van der Waals surface area contributed by atoms with Crippen LogP contribution in [-0.4, -0.2) is 19.8 Å². The summed E-state index contributed by atoms with van der Waals surface area (Å²) in [5.74, 6) is 0.433. The number of unbranched alkanes of at least 4 members (excludes halogenated alkanes) is 3. The smallest absolute Gasteiger partial charge is 0.287 e. The average molecular weight is 322 g/mol.